The minimum atomic E-state index is -0.988. The molecule has 0 aliphatic carbocycles. The first kappa shape index (κ1) is 18.3. The predicted molar refractivity (Wildman–Crippen MR) is 98.7 cm³/mol. The summed E-state index contributed by atoms with van der Waals surface area (Å²) >= 11 is 0. The second-order valence-electron chi connectivity index (χ2n) is 6.22. The SMILES string of the molecule is CC(c1ccccc1)N1C(=O)C(=O)N(CC(=O)N(C)c2ccccc2)C1=O. The van der Waals surface area contributed by atoms with Crippen LogP contribution in [-0.4, -0.2) is 47.1 Å². The van der Waals surface area contributed by atoms with Crippen LogP contribution in [0.2, 0.25) is 0 Å². The van der Waals surface area contributed by atoms with Gasteiger partial charge in [0.15, 0.2) is 0 Å². The quantitative estimate of drug-likeness (QED) is 0.601. The molecule has 0 spiro atoms. The van der Waals surface area contributed by atoms with Crippen LogP contribution in [0.1, 0.15) is 18.5 Å². The monoisotopic (exact) mass is 365 g/mol. The molecule has 7 heteroatoms. The Bertz CT molecular complexity index is 883. The number of imide groups is 2. The zero-order chi connectivity index (χ0) is 19.6. The third-order valence-corrected chi connectivity index (χ3v) is 4.56. The molecule has 2 aromatic rings. The lowest BCUT2D eigenvalue weighted by molar-refractivity contribution is -0.144. The molecule has 1 fully saturated rings. The van der Waals surface area contributed by atoms with Gasteiger partial charge in [0.1, 0.15) is 6.54 Å². The highest BCUT2D eigenvalue weighted by Gasteiger charge is 2.47. The number of nitrogens with zero attached hydrogens (tertiary/aromatic N) is 3. The summed E-state index contributed by atoms with van der Waals surface area (Å²) in [6, 6.07) is 16.4. The van der Waals surface area contributed by atoms with Crippen LogP contribution in [0.4, 0.5) is 10.5 Å². The van der Waals surface area contributed by atoms with E-state index >= 15 is 0 Å². The molecular formula is C20H19N3O4. The van der Waals surface area contributed by atoms with E-state index in [-0.39, 0.29) is 0 Å². The molecule has 1 atom stereocenters. The maximum atomic E-state index is 12.7. The Morgan fingerprint density at radius 3 is 2.07 bits per heavy atom. The fraction of sp³-hybridized carbons (Fsp3) is 0.200. The van der Waals surface area contributed by atoms with E-state index in [0.717, 1.165) is 10.5 Å². The van der Waals surface area contributed by atoms with Crippen molar-refractivity contribution in [2.75, 3.05) is 18.5 Å². The van der Waals surface area contributed by atoms with Gasteiger partial charge in [0.2, 0.25) is 5.91 Å². The number of likely N-dealkylation sites (N-methyl/N-ethyl adjacent to an activating group) is 1. The summed E-state index contributed by atoms with van der Waals surface area (Å²) in [6.45, 7) is 1.17. The van der Waals surface area contributed by atoms with Crippen LogP contribution >= 0.6 is 0 Å². The normalized spacial score (nSPS) is 15.3. The van der Waals surface area contributed by atoms with Crippen LogP contribution in [0.25, 0.3) is 0 Å². The van der Waals surface area contributed by atoms with Crippen LogP contribution in [0.5, 0.6) is 0 Å². The number of urea groups is 1. The van der Waals surface area contributed by atoms with Crippen molar-refractivity contribution in [3.05, 3.63) is 66.2 Å². The van der Waals surface area contributed by atoms with Crippen LogP contribution < -0.4 is 4.90 Å². The number of benzene rings is 2. The minimum absolute atomic E-state index is 0.468. The van der Waals surface area contributed by atoms with Gasteiger partial charge >= 0.3 is 17.8 Å². The molecule has 2 aromatic carbocycles. The summed E-state index contributed by atoms with van der Waals surface area (Å²) in [5, 5.41) is 0. The van der Waals surface area contributed by atoms with Gasteiger partial charge in [-0.15, -0.1) is 0 Å². The van der Waals surface area contributed by atoms with Gasteiger partial charge < -0.3 is 4.90 Å². The largest absolute Gasteiger partial charge is 0.335 e. The van der Waals surface area contributed by atoms with E-state index in [1.165, 1.54) is 4.90 Å². The number of carbonyl (C=O) groups excluding carboxylic acids is 4. The number of para-hydroxylation sites is 1. The summed E-state index contributed by atoms with van der Waals surface area (Å²) in [5.74, 6) is -2.38. The maximum absolute atomic E-state index is 12.7. The molecule has 0 radical (unpaired) electrons. The van der Waals surface area contributed by atoms with Crippen molar-refractivity contribution in [3.8, 4) is 0 Å². The molecule has 1 saturated heterocycles. The van der Waals surface area contributed by atoms with Gasteiger partial charge in [0, 0.05) is 12.7 Å². The smallest absolute Gasteiger partial charge is 0.314 e. The lowest BCUT2D eigenvalue weighted by Gasteiger charge is -2.23. The highest BCUT2D eigenvalue weighted by atomic mass is 16.2. The molecule has 1 heterocycles. The van der Waals surface area contributed by atoms with Crippen molar-refractivity contribution in [2.24, 2.45) is 0 Å². The van der Waals surface area contributed by atoms with Crippen LogP contribution in [0.3, 0.4) is 0 Å². The van der Waals surface area contributed by atoms with Crippen molar-refractivity contribution in [3.63, 3.8) is 0 Å². The molecule has 7 nitrogen and oxygen atoms in total. The fourth-order valence-corrected chi connectivity index (χ4v) is 2.92. The summed E-state index contributed by atoms with van der Waals surface area (Å²) in [4.78, 5) is 52.8. The Kier molecular flexibility index (Phi) is 5.03. The predicted octanol–water partition coefficient (Wildman–Crippen LogP) is 2.20. The Hall–Kier alpha value is -3.48. The summed E-state index contributed by atoms with van der Waals surface area (Å²) < 4.78 is 0. The number of carbonyl (C=O) groups is 4. The molecule has 1 aliphatic rings. The molecule has 0 bridgehead atoms. The second kappa shape index (κ2) is 7.41. The number of hydrogen-bond donors (Lipinski definition) is 0. The van der Waals surface area contributed by atoms with E-state index in [2.05, 4.69) is 0 Å². The van der Waals surface area contributed by atoms with Gasteiger partial charge in [-0.3, -0.25) is 14.4 Å². The second-order valence-corrected chi connectivity index (χ2v) is 6.22. The molecule has 0 saturated carbocycles. The Balaban J connectivity index is 1.77. The molecule has 27 heavy (non-hydrogen) atoms. The Labute approximate surface area is 156 Å². The number of anilines is 1. The fourth-order valence-electron chi connectivity index (χ4n) is 2.92. The molecule has 0 aromatic heterocycles. The summed E-state index contributed by atoms with van der Waals surface area (Å²) in [6.07, 6.45) is 0. The molecule has 5 amide bonds. The minimum Gasteiger partial charge on any atom is -0.314 e. The van der Waals surface area contributed by atoms with E-state index in [1.807, 2.05) is 12.1 Å². The number of rotatable bonds is 5. The van der Waals surface area contributed by atoms with Gasteiger partial charge in [-0.05, 0) is 24.6 Å². The average molecular weight is 365 g/mol. The molecule has 3 rings (SSSR count). The first-order valence-corrected chi connectivity index (χ1v) is 8.47. The number of hydrogen-bond acceptors (Lipinski definition) is 4. The Morgan fingerprint density at radius 2 is 1.48 bits per heavy atom. The highest BCUT2D eigenvalue weighted by molar-refractivity contribution is 6.45. The van der Waals surface area contributed by atoms with E-state index in [9.17, 15) is 19.2 Å². The summed E-state index contributed by atoms with van der Waals surface area (Å²) in [5.41, 5.74) is 1.35. The third kappa shape index (κ3) is 3.44. The van der Waals surface area contributed by atoms with E-state index in [1.54, 1.807) is 62.5 Å². The maximum Gasteiger partial charge on any atom is 0.335 e. The molecule has 1 unspecified atom stereocenters. The van der Waals surface area contributed by atoms with Crippen molar-refractivity contribution >= 4 is 29.4 Å². The van der Waals surface area contributed by atoms with Crippen LogP contribution in [0.15, 0.2) is 60.7 Å². The molecular weight excluding hydrogens is 346 g/mol. The van der Waals surface area contributed by atoms with Gasteiger partial charge in [-0.1, -0.05) is 48.5 Å². The zero-order valence-corrected chi connectivity index (χ0v) is 15.0. The third-order valence-electron chi connectivity index (χ3n) is 4.56. The molecule has 0 N–H and O–H groups in total. The number of amides is 5. The molecule has 1 aliphatic heterocycles. The van der Waals surface area contributed by atoms with Crippen molar-refractivity contribution < 1.29 is 19.2 Å². The van der Waals surface area contributed by atoms with E-state index in [4.69, 9.17) is 0 Å². The van der Waals surface area contributed by atoms with Gasteiger partial charge in [-0.2, -0.15) is 0 Å². The topological polar surface area (TPSA) is 78.0 Å². The molecule has 138 valence electrons. The van der Waals surface area contributed by atoms with Gasteiger partial charge in [0.25, 0.3) is 0 Å². The Morgan fingerprint density at radius 1 is 0.926 bits per heavy atom. The first-order chi connectivity index (χ1) is 12.9. The van der Waals surface area contributed by atoms with Crippen molar-refractivity contribution in [1.29, 1.82) is 0 Å². The van der Waals surface area contributed by atoms with Crippen LogP contribution in [0, 0.1) is 0 Å². The summed E-state index contributed by atoms with van der Waals surface area (Å²) in [7, 11) is 1.55. The van der Waals surface area contributed by atoms with E-state index < -0.39 is 36.3 Å². The van der Waals surface area contributed by atoms with Crippen LogP contribution in [-0.2, 0) is 14.4 Å². The van der Waals surface area contributed by atoms with E-state index in [0.29, 0.717) is 10.6 Å². The lowest BCUT2D eigenvalue weighted by Crippen LogP contribution is -2.42. The van der Waals surface area contributed by atoms with Crippen molar-refractivity contribution in [1.82, 2.24) is 9.80 Å². The van der Waals surface area contributed by atoms with Gasteiger partial charge in [-0.25, -0.2) is 14.6 Å². The zero-order valence-electron chi connectivity index (χ0n) is 15.0. The lowest BCUT2D eigenvalue weighted by atomic mass is 10.1. The van der Waals surface area contributed by atoms with Gasteiger partial charge in [0.05, 0.1) is 6.04 Å². The average Bonchev–Trinajstić information content (AvgIpc) is 2.91. The first-order valence-electron chi connectivity index (χ1n) is 8.47. The van der Waals surface area contributed by atoms with Crippen molar-refractivity contribution in [2.45, 2.75) is 13.0 Å². The highest BCUT2D eigenvalue weighted by Crippen LogP contribution is 2.26. The standard InChI is InChI=1S/C20H19N3O4/c1-14(15-9-5-3-6-10-15)23-19(26)18(25)22(20(23)27)13-17(24)21(2)16-11-7-4-8-12-16/h3-12,14H,13H2,1-2H3.